The molecular weight excluding hydrogens is 224 g/mol. The van der Waals surface area contributed by atoms with Crippen LogP contribution in [0.2, 0.25) is 0 Å². The van der Waals surface area contributed by atoms with Crippen LogP contribution >= 0.6 is 0 Å². The zero-order valence-electron chi connectivity index (χ0n) is 9.81. The van der Waals surface area contributed by atoms with Crippen LogP contribution in [0.25, 0.3) is 0 Å². The van der Waals surface area contributed by atoms with Gasteiger partial charge in [-0.3, -0.25) is 0 Å². The van der Waals surface area contributed by atoms with Gasteiger partial charge in [0.25, 0.3) is 0 Å². The van der Waals surface area contributed by atoms with Crippen LogP contribution in [-0.4, -0.2) is 4.98 Å². The van der Waals surface area contributed by atoms with Gasteiger partial charge >= 0.3 is 0 Å². The molecule has 2 rings (SSSR count). The van der Waals surface area contributed by atoms with E-state index in [0.29, 0.717) is 16.9 Å². The Balaban J connectivity index is 2.41. The lowest BCUT2D eigenvalue weighted by molar-refractivity contribution is 1.27. The third kappa shape index (κ3) is 2.28. The number of hydrogen-bond acceptors (Lipinski definition) is 4. The summed E-state index contributed by atoms with van der Waals surface area (Å²) < 4.78 is 0. The minimum atomic E-state index is 0.472. The molecule has 1 aromatic heterocycles. The molecule has 0 saturated carbocycles. The first-order chi connectivity index (χ1) is 8.74. The summed E-state index contributed by atoms with van der Waals surface area (Å²) in [6, 6.07) is 12.9. The van der Waals surface area contributed by atoms with Gasteiger partial charge in [0.2, 0.25) is 0 Å². The number of rotatable bonds is 2. The molecule has 4 nitrogen and oxygen atoms in total. The number of pyridine rings is 1. The summed E-state index contributed by atoms with van der Waals surface area (Å²) in [4.78, 5) is 4.12. The van der Waals surface area contributed by atoms with Crippen molar-refractivity contribution in [2.75, 3.05) is 5.32 Å². The van der Waals surface area contributed by atoms with Gasteiger partial charge in [0, 0.05) is 11.9 Å². The monoisotopic (exact) mass is 234 g/mol. The van der Waals surface area contributed by atoms with E-state index in [9.17, 15) is 0 Å². The van der Waals surface area contributed by atoms with Gasteiger partial charge in [-0.25, -0.2) is 4.98 Å². The first kappa shape index (κ1) is 11.6. The molecule has 1 N–H and O–H groups in total. The fraction of sp³-hybridized carbons (Fsp3) is 0.0714. The molecule has 1 heterocycles. The molecule has 0 amide bonds. The summed E-state index contributed by atoms with van der Waals surface area (Å²) in [5.74, 6) is 0.498. The lowest BCUT2D eigenvalue weighted by Crippen LogP contribution is -1.98. The zero-order valence-corrected chi connectivity index (χ0v) is 9.81. The Bertz CT molecular complexity index is 662. The Morgan fingerprint density at radius 3 is 2.72 bits per heavy atom. The van der Waals surface area contributed by atoms with E-state index in [1.165, 1.54) is 0 Å². The van der Waals surface area contributed by atoms with Gasteiger partial charge in [-0.2, -0.15) is 10.5 Å². The largest absolute Gasteiger partial charge is 0.339 e. The number of aryl methyl sites for hydroxylation is 1. The predicted molar refractivity (Wildman–Crippen MR) is 68.1 cm³/mol. The van der Waals surface area contributed by atoms with Crippen LogP contribution < -0.4 is 5.32 Å². The second-order valence-electron chi connectivity index (χ2n) is 3.78. The Kier molecular flexibility index (Phi) is 3.22. The molecule has 0 bridgehead atoms. The van der Waals surface area contributed by atoms with Crippen LogP contribution in [0.1, 0.15) is 16.7 Å². The lowest BCUT2D eigenvalue weighted by atomic mass is 10.1. The highest BCUT2D eigenvalue weighted by Gasteiger charge is 2.05. The van der Waals surface area contributed by atoms with Gasteiger partial charge in [-0.05, 0) is 36.8 Å². The molecule has 0 radical (unpaired) electrons. The maximum atomic E-state index is 8.98. The summed E-state index contributed by atoms with van der Waals surface area (Å²) >= 11 is 0. The molecular formula is C14H10N4. The van der Waals surface area contributed by atoms with Gasteiger partial charge in [0.05, 0.1) is 17.2 Å². The Hall–Kier alpha value is -2.85. The molecule has 1 aromatic carbocycles. The van der Waals surface area contributed by atoms with Crippen molar-refractivity contribution in [3.05, 3.63) is 53.2 Å². The number of anilines is 2. The maximum Gasteiger partial charge on any atom is 0.148 e. The van der Waals surface area contributed by atoms with Gasteiger partial charge in [-0.15, -0.1) is 0 Å². The van der Waals surface area contributed by atoms with Crippen molar-refractivity contribution in [3.8, 4) is 12.1 Å². The van der Waals surface area contributed by atoms with Crippen LogP contribution in [0.3, 0.4) is 0 Å². The van der Waals surface area contributed by atoms with Crippen LogP contribution in [0.5, 0.6) is 0 Å². The molecule has 0 unspecified atom stereocenters. The van der Waals surface area contributed by atoms with E-state index in [4.69, 9.17) is 10.5 Å². The van der Waals surface area contributed by atoms with E-state index in [-0.39, 0.29) is 0 Å². The van der Waals surface area contributed by atoms with E-state index < -0.39 is 0 Å². The topological polar surface area (TPSA) is 72.5 Å². The minimum absolute atomic E-state index is 0.472. The molecule has 0 fully saturated rings. The summed E-state index contributed by atoms with van der Waals surface area (Å²) in [6.07, 6.45) is 1.62. The standard InChI is InChI=1S/C14H10N4/c1-10-4-5-11(8-15)7-13(10)18-14-12(9-16)3-2-6-17-14/h2-7H,1H3,(H,17,18). The molecule has 0 atom stereocenters. The normalized spacial score (nSPS) is 9.28. The highest BCUT2D eigenvalue weighted by Crippen LogP contribution is 2.22. The SMILES string of the molecule is Cc1ccc(C#N)cc1Nc1ncccc1C#N. The van der Waals surface area contributed by atoms with E-state index in [1.807, 2.05) is 13.0 Å². The number of nitrogens with zero attached hydrogens (tertiary/aromatic N) is 3. The van der Waals surface area contributed by atoms with Crippen LogP contribution in [0, 0.1) is 29.6 Å². The molecule has 0 aliphatic heterocycles. The van der Waals surface area contributed by atoms with Gasteiger partial charge in [0.1, 0.15) is 11.9 Å². The first-order valence-corrected chi connectivity index (χ1v) is 5.37. The van der Waals surface area contributed by atoms with Gasteiger partial charge in [0.15, 0.2) is 0 Å². The van der Waals surface area contributed by atoms with Crippen molar-refractivity contribution < 1.29 is 0 Å². The van der Waals surface area contributed by atoms with Crippen LogP contribution in [0.15, 0.2) is 36.5 Å². The van der Waals surface area contributed by atoms with Crippen molar-refractivity contribution >= 4 is 11.5 Å². The number of nitrogens with one attached hydrogen (secondary N) is 1. The highest BCUT2D eigenvalue weighted by atomic mass is 15.0. The lowest BCUT2D eigenvalue weighted by Gasteiger charge is -2.09. The second kappa shape index (κ2) is 4.99. The molecule has 0 spiro atoms. The first-order valence-electron chi connectivity index (χ1n) is 5.37. The molecule has 86 valence electrons. The zero-order chi connectivity index (χ0) is 13.0. The minimum Gasteiger partial charge on any atom is -0.339 e. The van der Waals surface area contributed by atoms with E-state index in [0.717, 1.165) is 11.3 Å². The quantitative estimate of drug-likeness (QED) is 0.867. The van der Waals surface area contributed by atoms with Crippen molar-refractivity contribution in [1.82, 2.24) is 4.98 Å². The van der Waals surface area contributed by atoms with Crippen molar-refractivity contribution in [1.29, 1.82) is 10.5 Å². The number of aromatic nitrogens is 1. The van der Waals surface area contributed by atoms with Crippen molar-refractivity contribution in [3.63, 3.8) is 0 Å². The molecule has 0 saturated heterocycles. The van der Waals surface area contributed by atoms with E-state index >= 15 is 0 Å². The summed E-state index contributed by atoms with van der Waals surface area (Å²) in [5, 5.41) is 20.9. The van der Waals surface area contributed by atoms with Crippen molar-refractivity contribution in [2.24, 2.45) is 0 Å². The number of nitriles is 2. The summed E-state index contributed by atoms with van der Waals surface area (Å²) in [5.41, 5.74) is 2.81. The van der Waals surface area contributed by atoms with E-state index in [1.54, 1.807) is 30.5 Å². The average Bonchev–Trinajstić information content (AvgIpc) is 2.42. The fourth-order valence-electron chi connectivity index (χ4n) is 1.55. The molecule has 2 aromatic rings. The molecule has 0 aliphatic rings. The Morgan fingerprint density at radius 1 is 1.17 bits per heavy atom. The van der Waals surface area contributed by atoms with E-state index in [2.05, 4.69) is 22.4 Å². The molecule has 18 heavy (non-hydrogen) atoms. The van der Waals surface area contributed by atoms with Crippen LogP contribution in [0.4, 0.5) is 11.5 Å². The van der Waals surface area contributed by atoms with Crippen molar-refractivity contribution in [2.45, 2.75) is 6.92 Å². The average molecular weight is 234 g/mol. The predicted octanol–water partition coefficient (Wildman–Crippen LogP) is 2.88. The third-order valence-corrected chi connectivity index (χ3v) is 2.55. The number of benzene rings is 1. The smallest absolute Gasteiger partial charge is 0.148 e. The molecule has 4 heteroatoms. The maximum absolute atomic E-state index is 8.98. The molecule has 0 aliphatic carbocycles. The highest BCUT2D eigenvalue weighted by molar-refractivity contribution is 5.66. The van der Waals surface area contributed by atoms with Gasteiger partial charge < -0.3 is 5.32 Å². The van der Waals surface area contributed by atoms with Gasteiger partial charge in [-0.1, -0.05) is 6.07 Å². The summed E-state index contributed by atoms with van der Waals surface area (Å²) in [7, 11) is 0. The fourth-order valence-corrected chi connectivity index (χ4v) is 1.55. The number of hydrogen-bond donors (Lipinski definition) is 1. The Morgan fingerprint density at radius 2 is 2.00 bits per heavy atom. The Labute approximate surface area is 105 Å². The second-order valence-corrected chi connectivity index (χ2v) is 3.78. The summed E-state index contributed by atoms with van der Waals surface area (Å²) in [6.45, 7) is 1.93. The third-order valence-electron chi connectivity index (χ3n) is 2.55. The van der Waals surface area contributed by atoms with Crippen LogP contribution in [-0.2, 0) is 0 Å².